The van der Waals surface area contributed by atoms with Gasteiger partial charge in [0.25, 0.3) is 0 Å². The standard InChI is InChI=1S/C12H12N2O/c1-14-8-7-13-12(14)9-11(15)10-5-3-2-4-6-10/h2-9,15H,1H3. The summed E-state index contributed by atoms with van der Waals surface area (Å²) in [6.45, 7) is 0. The summed E-state index contributed by atoms with van der Waals surface area (Å²) in [5, 5.41) is 9.82. The summed E-state index contributed by atoms with van der Waals surface area (Å²) in [5.74, 6) is 0.959. The van der Waals surface area contributed by atoms with Crippen LogP contribution >= 0.6 is 0 Å². The number of rotatable bonds is 2. The molecule has 0 bridgehead atoms. The van der Waals surface area contributed by atoms with Crippen molar-refractivity contribution in [2.45, 2.75) is 0 Å². The SMILES string of the molecule is Cn1ccnc1C=C(O)c1ccccc1. The Morgan fingerprint density at radius 1 is 1.33 bits per heavy atom. The molecule has 0 unspecified atom stereocenters. The highest BCUT2D eigenvalue weighted by atomic mass is 16.3. The van der Waals surface area contributed by atoms with Crippen molar-refractivity contribution in [2.75, 3.05) is 0 Å². The number of hydrogen-bond acceptors (Lipinski definition) is 2. The Balaban J connectivity index is 2.33. The molecule has 0 atom stereocenters. The minimum atomic E-state index is 0.227. The highest BCUT2D eigenvalue weighted by Gasteiger charge is 2.00. The third kappa shape index (κ3) is 2.07. The van der Waals surface area contributed by atoms with Gasteiger partial charge in [-0.3, -0.25) is 0 Å². The number of imidazole rings is 1. The minimum Gasteiger partial charge on any atom is -0.507 e. The maximum absolute atomic E-state index is 9.82. The quantitative estimate of drug-likeness (QED) is 0.756. The van der Waals surface area contributed by atoms with Crippen LogP contribution < -0.4 is 0 Å². The van der Waals surface area contributed by atoms with Crippen molar-refractivity contribution >= 4 is 11.8 Å². The van der Waals surface area contributed by atoms with Crippen LogP contribution in [0.15, 0.2) is 42.7 Å². The van der Waals surface area contributed by atoms with Gasteiger partial charge in [-0.25, -0.2) is 4.98 Å². The van der Waals surface area contributed by atoms with Crippen molar-refractivity contribution in [3.8, 4) is 0 Å². The average Bonchev–Trinajstić information content (AvgIpc) is 2.66. The van der Waals surface area contributed by atoms with E-state index in [0.717, 1.165) is 11.4 Å². The van der Waals surface area contributed by atoms with Gasteiger partial charge in [0.15, 0.2) is 0 Å². The van der Waals surface area contributed by atoms with Crippen LogP contribution in [0.25, 0.3) is 11.8 Å². The lowest BCUT2D eigenvalue weighted by atomic mass is 10.2. The van der Waals surface area contributed by atoms with E-state index in [1.807, 2.05) is 48.1 Å². The summed E-state index contributed by atoms with van der Waals surface area (Å²) >= 11 is 0. The summed E-state index contributed by atoms with van der Waals surface area (Å²) in [4.78, 5) is 4.11. The van der Waals surface area contributed by atoms with E-state index < -0.39 is 0 Å². The van der Waals surface area contributed by atoms with Crippen LogP contribution in [0.1, 0.15) is 11.4 Å². The zero-order valence-corrected chi connectivity index (χ0v) is 8.46. The normalized spacial score (nSPS) is 11.7. The van der Waals surface area contributed by atoms with Crippen molar-refractivity contribution < 1.29 is 5.11 Å². The van der Waals surface area contributed by atoms with Crippen molar-refractivity contribution in [3.63, 3.8) is 0 Å². The molecule has 0 saturated heterocycles. The fourth-order valence-corrected chi connectivity index (χ4v) is 1.33. The number of aliphatic hydroxyl groups excluding tert-OH is 1. The summed E-state index contributed by atoms with van der Waals surface area (Å²) in [6.07, 6.45) is 5.18. The maximum Gasteiger partial charge on any atom is 0.136 e. The van der Waals surface area contributed by atoms with E-state index in [-0.39, 0.29) is 5.76 Å². The van der Waals surface area contributed by atoms with Crippen LogP contribution in [0, 0.1) is 0 Å². The van der Waals surface area contributed by atoms with E-state index in [4.69, 9.17) is 0 Å². The molecule has 1 N–H and O–H groups in total. The first-order chi connectivity index (χ1) is 7.27. The van der Waals surface area contributed by atoms with Crippen LogP contribution in [0.4, 0.5) is 0 Å². The van der Waals surface area contributed by atoms with E-state index in [1.165, 1.54) is 0 Å². The molecule has 2 rings (SSSR count). The average molecular weight is 200 g/mol. The Labute approximate surface area is 88.3 Å². The number of aryl methyl sites for hydroxylation is 1. The molecule has 1 aromatic carbocycles. The van der Waals surface area contributed by atoms with Crippen molar-refractivity contribution in [1.82, 2.24) is 9.55 Å². The molecule has 0 amide bonds. The van der Waals surface area contributed by atoms with Crippen LogP contribution in [0.3, 0.4) is 0 Å². The number of nitrogens with zero attached hydrogens (tertiary/aromatic N) is 2. The van der Waals surface area contributed by atoms with Gasteiger partial charge in [-0.05, 0) is 0 Å². The van der Waals surface area contributed by atoms with E-state index >= 15 is 0 Å². The Morgan fingerprint density at radius 3 is 2.67 bits per heavy atom. The lowest BCUT2D eigenvalue weighted by molar-refractivity contribution is 0.515. The topological polar surface area (TPSA) is 38.0 Å². The molecule has 0 spiro atoms. The van der Waals surface area contributed by atoms with Gasteiger partial charge in [-0.2, -0.15) is 0 Å². The van der Waals surface area contributed by atoms with E-state index in [9.17, 15) is 5.11 Å². The predicted molar refractivity (Wildman–Crippen MR) is 60.1 cm³/mol. The van der Waals surface area contributed by atoms with Gasteiger partial charge < -0.3 is 9.67 Å². The van der Waals surface area contributed by atoms with E-state index in [2.05, 4.69) is 4.98 Å². The minimum absolute atomic E-state index is 0.227. The van der Waals surface area contributed by atoms with Gasteiger partial charge in [0, 0.05) is 31.1 Å². The molecule has 0 aliphatic rings. The molecular formula is C12H12N2O. The molecule has 0 aliphatic carbocycles. The van der Waals surface area contributed by atoms with Crippen molar-refractivity contribution in [3.05, 3.63) is 54.1 Å². The smallest absolute Gasteiger partial charge is 0.136 e. The molecule has 3 heteroatoms. The fraction of sp³-hybridized carbons (Fsp3) is 0.0833. The largest absolute Gasteiger partial charge is 0.507 e. The number of aromatic nitrogens is 2. The maximum atomic E-state index is 9.82. The molecule has 0 radical (unpaired) electrons. The van der Waals surface area contributed by atoms with Crippen LogP contribution in [0.5, 0.6) is 0 Å². The second-order valence-electron chi connectivity index (χ2n) is 3.29. The first-order valence-corrected chi connectivity index (χ1v) is 4.71. The molecule has 0 aliphatic heterocycles. The first-order valence-electron chi connectivity index (χ1n) is 4.71. The molecule has 1 heterocycles. The van der Waals surface area contributed by atoms with Gasteiger partial charge in [-0.1, -0.05) is 30.3 Å². The highest BCUT2D eigenvalue weighted by Crippen LogP contribution is 2.13. The Hall–Kier alpha value is -2.03. The van der Waals surface area contributed by atoms with Crippen LogP contribution in [0.2, 0.25) is 0 Å². The molecular weight excluding hydrogens is 188 g/mol. The van der Waals surface area contributed by atoms with Crippen molar-refractivity contribution in [1.29, 1.82) is 0 Å². The zero-order valence-electron chi connectivity index (χ0n) is 8.46. The molecule has 3 nitrogen and oxygen atoms in total. The Kier molecular flexibility index (Phi) is 2.54. The zero-order chi connectivity index (χ0) is 10.7. The van der Waals surface area contributed by atoms with Gasteiger partial charge in [-0.15, -0.1) is 0 Å². The monoisotopic (exact) mass is 200 g/mol. The number of aliphatic hydroxyl groups is 1. The summed E-state index contributed by atoms with van der Waals surface area (Å²) in [6, 6.07) is 9.40. The molecule has 15 heavy (non-hydrogen) atoms. The Morgan fingerprint density at radius 2 is 2.07 bits per heavy atom. The van der Waals surface area contributed by atoms with E-state index in [0.29, 0.717) is 0 Å². The molecule has 1 aromatic heterocycles. The van der Waals surface area contributed by atoms with Crippen molar-refractivity contribution in [2.24, 2.45) is 7.05 Å². The van der Waals surface area contributed by atoms with Gasteiger partial charge in [0.2, 0.25) is 0 Å². The third-order valence-corrected chi connectivity index (χ3v) is 2.19. The summed E-state index contributed by atoms with van der Waals surface area (Å²) < 4.78 is 1.85. The molecule has 0 saturated carbocycles. The Bertz CT molecular complexity index is 471. The fourth-order valence-electron chi connectivity index (χ4n) is 1.33. The first kappa shape index (κ1) is 9.52. The predicted octanol–water partition coefficient (Wildman–Crippen LogP) is 2.48. The lowest BCUT2D eigenvalue weighted by Gasteiger charge is -2.00. The molecule has 76 valence electrons. The second kappa shape index (κ2) is 4.00. The van der Waals surface area contributed by atoms with Gasteiger partial charge >= 0.3 is 0 Å². The summed E-state index contributed by atoms with van der Waals surface area (Å²) in [5.41, 5.74) is 0.792. The molecule has 0 fully saturated rings. The van der Waals surface area contributed by atoms with Crippen LogP contribution in [-0.2, 0) is 7.05 Å². The highest BCUT2D eigenvalue weighted by molar-refractivity contribution is 5.74. The lowest BCUT2D eigenvalue weighted by Crippen LogP contribution is -1.91. The molecule has 2 aromatic rings. The second-order valence-corrected chi connectivity index (χ2v) is 3.29. The third-order valence-electron chi connectivity index (χ3n) is 2.19. The van der Waals surface area contributed by atoms with Gasteiger partial charge in [0.05, 0.1) is 0 Å². The number of benzene rings is 1. The van der Waals surface area contributed by atoms with Crippen LogP contribution in [-0.4, -0.2) is 14.7 Å². The number of hydrogen-bond donors (Lipinski definition) is 1. The van der Waals surface area contributed by atoms with E-state index in [1.54, 1.807) is 12.3 Å². The summed E-state index contributed by atoms with van der Waals surface area (Å²) in [7, 11) is 1.89. The van der Waals surface area contributed by atoms with Gasteiger partial charge in [0.1, 0.15) is 11.6 Å².